The van der Waals surface area contributed by atoms with Crippen molar-refractivity contribution in [1.82, 2.24) is 0 Å². The van der Waals surface area contributed by atoms with Gasteiger partial charge in [0.05, 0.1) is 35.9 Å². The van der Waals surface area contributed by atoms with E-state index in [-0.39, 0.29) is 0 Å². The molecule has 0 spiro atoms. The zero-order valence-corrected chi connectivity index (χ0v) is 8.33. The Morgan fingerprint density at radius 1 is 1.08 bits per heavy atom. The highest BCUT2D eigenvalue weighted by atomic mass is 32.2. The maximum absolute atomic E-state index is 5.24. The third kappa shape index (κ3) is 2.36. The van der Waals surface area contributed by atoms with Gasteiger partial charge in [0.25, 0.3) is 0 Å². The van der Waals surface area contributed by atoms with E-state index in [1.54, 1.807) is 0 Å². The van der Waals surface area contributed by atoms with Crippen LogP contribution in [-0.2, 0) is 9.47 Å². The molecule has 2 aliphatic rings. The molecule has 0 aromatic carbocycles. The predicted octanol–water partition coefficient (Wildman–Crippen LogP) is 1.63. The van der Waals surface area contributed by atoms with Gasteiger partial charge < -0.3 is 9.47 Å². The second-order valence-corrected chi connectivity index (χ2v) is 4.64. The fraction of sp³-hybridized carbons (Fsp3) is 0.600. The zero-order chi connectivity index (χ0) is 9.26. The molecular formula is C10H14O2S. The van der Waals surface area contributed by atoms with Crippen LogP contribution in [0, 0.1) is 0 Å². The van der Waals surface area contributed by atoms with E-state index in [1.165, 1.54) is 0 Å². The highest BCUT2D eigenvalue weighted by Crippen LogP contribution is 2.34. The standard InChI is InChI=1S/C10H14O2S/c1-3-9(7-5-11-7)13-10(4-2)8-6-12-8/h3-4,7-10H,1-2,5-6H2. The van der Waals surface area contributed by atoms with E-state index in [4.69, 9.17) is 9.47 Å². The van der Waals surface area contributed by atoms with Gasteiger partial charge in [-0.1, -0.05) is 12.2 Å². The summed E-state index contributed by atoms with van der Waals surface area (Å²) in [7, 11) is 0. The molecule has 0 radical (unpaired) electrons. The molecule has 0 amide bonds. The van der Waals surface area contributed by atoms with Crippen LogP contribution in [0.3, 0.4) is 0 Å². The molecule has 0 aromatic heterocycles. The first-order valence-corrected chi connectivity index (χ1v) is 5.43. The summed E-state index contributed by atoms with van der Waals surface area (Å²) in [6.45, 7) is 9.37. The molecule has 3 heteroatoms. The molecule has 0 N–H and O–H groups in total. The van der Waals surface area contributed by atoms with Gasteiger partial charge in [-0.05, 0) is 0 Å². The summed E-state index contributed by atoms with van der Waals surface area (Å²) in [6.07, 6.45) is 4.68. The van der Waals surface area contributed by atoms with Crippen molar-refractivity contribution in [3.05, 3.63) is 25.3 Å². The van der Waals surface area contributed by atoms with Crippen molar-refractivity contribution in [3.63, 3.8) is 0 Å². The summed E-state index contributed by atoms with van der Waals surface area (Å²) in [5.41, 5.74) is 0. The Morgan fingerprint density at radius 2 is 1.46 bits per heavy atom. The molecule has 2 fully saturated rings. The first-order chi connectivity index (χ1) is 6.35. The van der Waals surface area contributed by atoms with Crippen LogP contribution in [0.5, 0.6) is 0 Å². The van der Waals surface area contributed by atoms with E-state index in [1.807, 2.05) is 23.9 Å². The Morgan fingerprint density at radius 3 is 1.69 bits per heavy atom. The van der Waals surface area contributed by atoms with Crippen molar-refractivity contribution in [2.45, 2.75) is 22.7 Å². The van der Waals surface area contributed by atoms with Gasteiger partial charge in [0.15, 0.2) is 0 Å². The van der Waals surface area contributed by atoms with Crippen LogP contribution in [-0.4, -0.2) is 35.9 Å². The van der Waals surface area contributed by atoms with Crippen LogP contribution in [0.2, 0.25) is 0 Å². The summed E-state index contributed by atoms with van der Waals surface area (Å²) in [4.78, 5) is 0. The minimum atomic E-state index is 0.378. The Labute approximate surface area is 83.0 Å². The Kier molecular flexibility index (Phi) is 2.77. The van der Waals surface area contributed by atoms with Gasteiger partial charge in [-0.2, -0.15) is 0 Å². The second-order valence-electron chi connectivity index (χ2n) is 3.28. The topological polar surface area (TPSA) is 25.1 Å². The number of epoxide rings is 2. The van der Waals surface area contributed by atoms with Crippen LogP contribution in [0.1, 0.15) is 0 Å². The molecule has 2 rings (SSSR count). The average Bonchev–Trinajstić information content (AvgIpc) is 2.99. The van der Waals surface area contributed by atoms with Gasteiger partial charge in [0.2, 0.25) is 0 Å². The molecule has 2 aliphatic heterocycles. The quantitative estimate of drug-likeness (QED) is 0.479. The van der Waals surface area contributed by atoms with Crippen LogP contribution in [0.4, 0.5) is 0 Å². The lowest BCUT2D eigenvalue weighted by Crippen LogP contribution is -2.16. The third-order valence-corrected chi connectivity index (χ3v) is 3.85. The van der Waals surface area contributed by atoms with Gasteiger partial charge in [-0.25, -0.2) is 0 Å². The van der Waals surface area contributed by atoms with Crippen molar-refractivity contribution in [1.29, 1.82) is 0 Å². The van der Waals surface area contributed by atoms with Gasteiger partial charge in [-0.15, -0.1) is 24.9 Å². The van der Waals surface area contributed by atoms with Crippen molar-refractivity contribution < 1.29 is 9.47 Å². The van der Waals surface area contributed by atoms with Crippen molar-refractivity contribution in [2.75, 3.05) is 13.2 Å². The molecule has 13 heavy (non-hydrogen) atoms. The van der Waals surface area contributed by atoms with Crippen LogP contribution in [0.15, 0.2) is 25.3 Å². The molecule has 2 heterocycles. The SMILES string of the molecule is C=CC(SC(C=C)C1CO1)C1CO1. The Balaban J connectivity index is 1.84. The second kappa shape index (κ2) is 3.86. The summed E-state index contributed by atoms with van der Waals surface area (Å²) in [6, 6.07) is 0. The Hall–Kier alpha value is -0.250. The lowest BCUT2D eigenvalue weighted by Gasteiger charge is -2.14. The molecular weight excluding hydrogens is 184 g/mol. The average molecular weight is 198 g/mol. The number of thioether (sulfide) groups is 1. The van der Waals surface area contributed by atoms with Crippen LogP contribution >= 0.6 is 11.8 Å². The van der Waals surface area contributed by atoms with E-state index in [2.05, 4.69) is 13.2 Å². The molecule has 4 atom stereocenters. The normalized spacial score (nSPS) is 34.8. The molecule has 72 valence electrons. The lowest BCUT2D eigenvalue weighted by molar-refractivity contribution is 0.408. The van der Waals surface area contributed by atoms with Crippen molar-refractivity contribution in [2.24, 2.45) is 0 Å². The van der Waals surface area contributed by atoms with E-state index >= 15 is 0 Å². The monoisotopic (exact) mass is 198 g/mol. The summed E-state index contributed by atoms with van der Waals surface area (Å²) in [5, 5.41) is 0.791. The van der Waals surface area contributed by atoms with Crippen LogP contribution < -0.4 is 0 Å². The number of ether oxygens (including phenoxy) is 2. The molecule has 0 bridgehead atoms. The van der Waals surface area contributed by atoms with Gasteiger partial charge >= 0.3 is 0 Å². The summed E-state index contributed by atoms with van der Waals surface area (Å²) in [5.74, 6) is 0. The molecule has 0 aliphatic carbocycles. The smallest absolute Gasteiger partial charge is 0.0963 e. The third-order valence-electron chi connectivity index (χ3n) is 2.23. The predicted molar refractivity (Wildman–Crippen MR) is 55.0 cm³/mol. The van der Waals surface area contributed by atoms with E-state index in [0.717, 1.165) is 13.2 Å². The minimum Gasteiger partial charge on any atom is -0.372 e. The summed E-state index contributed by atoms with van der Waals surface area (Å²) < 4.78 is 10.5. The number of hydrogen-bond acceptors (Lipinski definition) is 3. The van der Waals surface area contributed by atoms with E-state index in [9.17, 15) is 0 Å². The maximum Gasteiger partial charge on any atom is 0.0963 e. The van der Waals surface area contributed by atoms with Gasteiger partial charge in [-0.3, -0.25) is 0 Å². The first-order valence-electron chi connectivity index (χ1n) is 4.49. The van der Waals surface area contributed by atoms with Crippen LogP contribution in [0.25, 0.3) is 0 Å². The largest absolute Gasteiger partial charge is 0.372 e. The minimum absolute atomic E-state index is 0.378. The van der Waals surface area contributed by atoms with E-state index in [0.29, 0.717) is 22.7 Å². The molecule has 2 saturated heterocycles. The first kappa shape index (κ1) is 9.31. The number of rotatable bonds is 6. The molecule has 2 nitrogen and oxygen atoms in total. The maximum atomic E-state index is 5.24. The zero-order valence-electron chi connectivity index (χ0n) is 7.52. The lowest BCUT2D eigenvalue weighted by atomic mass is 10.3. The Bertz CT molecular complexity index is 187. The van der Waals surface area contributed by atoms with Crippen molar-refractivity contribution >= 4 is 11.8 Å². The highest BCUT2D eigenvalue weighted by Gasteiger charge is 2.37. The molecule has 0 saturated carbocycles. The van der Waals surface area contributed by atoms with Gasteiger partial charge in [0.1, 0.15) is 0 Å². The molecule has 4 unspecified atom stereocenters. The number of hydrogen-bond donors (Lipinski definition) is 0. The van der Waals surface area contributed by atoms with E-state index < -0.39 is 0 Å². The fourth-order valence-corrected chi connectivity index (χ4v) is 2.51. The van der Waals surface area contributed by atoms with Crippen molar-refractivity contribution in [3.8, 4) is 0 Å². The van der Waals surface area contributed by atoms with Gasteiger partial charge in [0, 0.05) is 0 Å². The fourth-order valence-electron chi connectivity index (χ4n) is 1.26. The molecule has 0 aromatic rings. The summed E-state index contributed by atoms with van der Waals surface area (Å²) >= 11 is 1.84. The highest BCUT2D eigenvalue weighted by molar-refractivity contribution is 8.00.